The lowest BCUT2D eigenvalue weighted by molar-refractivity contribution is 0.0640. The number of phenolic OH excluding ortho intramolecular Hbond substituents is 1. The van der Waals surface area contributed by atoms with Crippen molar-refractivity contribution in [2.75, 3.05) is 14.2 Å². The molecule has 0 atom stereocenters. The third-order valence-electron chi connectivity index (χ3n) is 6.38. The summed E-state index contributed by atoms with van der Waals surface area (Å²) in [5.41, 5.74) is 0.876. The molecule has 1 aliphatic rings. The van der Waals surface area contributed by atoms with Gasteiger partial charge in [-0.25, -0.2) is 9.18 Å². The van der Waals surface area contributed by atoms with Crippen molar-refractivity contribution in [3.05, 3.63) is 88.4 Å². The molecule has 2 N–H and O–H groups in total. The summed E-state index contributed by atoms with van der Waals surface area (Å²) in [6.45, 7) is -0.231. The van der Waals surface area contributed by atoms with Gasteiger partial charge in [0.05, 0.1) is 20.8 Å². The zero-order valence-corrected chi connectivity index (χ0v) is 20.7. The van der Waals surface area contributed by atoms with Crippen molar-refractivity contribution in [1.82, 2.24) is 9.88 Å². The van der Waals surface area contributed by atoms with Crippen molar-refractivity contribution in [2.24, 2.45) is 0 Å². The number of aromatic nitrogens is 1. The molecule has 0 radical (unpaired) electrons. The number of amides is 2. The number of benzene rings is 3. The average Bonchev–Trinajstić information content (AvgIpc) is 3.17. The Bertz CT molecular complexity index is 1650. The van der Waals surface area contributed by atoms with Crippen molar-refractivity contribution >= 4 is 28.9 Å². The highest BCUT2D eigenvalue weighted by Gasteiger charge is 2.43. The standard InChI is InChI=1S/C28H21FN2O8/c1-37-18-8-5-16(20(11-18)38-2)13-31-26(33)21-22(27(31)34)25(39-28(35)36)19-10-15(12-30-23(19)24(21)32)9-14-3-6-17(29)7-4-14/h3-8,10-12,32H,9,13H2,1-2H3,(H,35,36). The van der Waals surface area contributed by atoms with Crippen molar-refractivity contribution in [1.29, 1.82) is 0 Å². The van der Waals surface area contributed by atoms with Gasteiger partial charge in [-0.2, -0.15) is 0 Å². The monoisotopic (exact) mass is 532 g/mol. The predicted octanol–water partition coefficient (Wildman–Crippen LogP) is 4.54. The number of pyridine rings is 1. The van der Waals surface area contributed by atoms with Gasteiger partial charge in [0.2, 0.25) is 0 Å². The maximum Gasteiger partial charge on any atom is 0.511 e. The van der Waals surface area contributed by atoms with Gasteiger partial charge in [-0.1, -0.05) is 12.1 Å². The number of hydrogen-bond acceptors (Lipinski definition) is 8. The van der Waals surface area contributed by atoms with E-state index in [1.54, 1.807) is 30.3 Å². The molecule has 3 aromatic carbocycles. The summed E-state index contributed by atoms with van der Waals surface area (Å²) >= 11 is 0. The van der Waals surface area contributed by atoms with Crippen LogP contribution in [0.5, 0.6) is 23.0 Å². The second-order valence-corrected chi connectivity index (χ2v) is 8.71. The minimum absolute atomic E-state index is 0.0262. The van der Waals surface area contributed by atoms with Crippen molar-refractivity contribution in [3.63, 3.8) is 0 Å². The molecule has 0 saturated heterocycles. The number of hydrogen-bond donors (Lipinski definition) is 2. The zero-order valence-electron chi connectivity index (χ0n) is 20.7. The van der Waals surface area contributed by atoms with Crippen LogP contribution in [0.4, 0.5) is 9.18 Å². The Kier molecular flexibility index (Phi) is 6.48. The molecule has 0 unspecified atom stereocenters. The maximum absolute atomic E-state index is 13.5. The lowest BCUT2D eigenvalue weighted by atomic mass is 9.99. The Morgan fingerprint density at radius 3 is 2.36 bits per heavy atom. The fourth-order valence-electron chi connectivity index (χ4n) is 4.55. The van der Waals surface area contributed by atoms with Crippen molar-refractivity contribution in [3.8, 4) is 23.0 Å². The summed E-state index contributed by atoms with van der Waals surface area (Å²) in [4.78, 5) is 43.7. The predicted molar refractivity (Wildman–Crippen MR) is 135 cm³/mol. The van der Waals surface area contributed by atoms with Gasteiger partial charge < -0.3 is 24.4 Å². The molecule has 2 amide bonds. The third kappa shape index (κ3) is 4.54. The molecule has 1 aromatic heterocycles. The van der Waals surface area contributed by atoms with Crippen molar-refractivity contribution < 1.29 is 43.2 Å². The summed E-state index contributed by atoms with van der Waals surface area (Å²) < 4.78 is 28.9. The van der Waals surface area contributed by atoms with Crippen LogP contribution in [-0.2, 0) is 13.0 Å². The van der Waals surface area contributed by atoms with Gasteiger partial charge in [0.1, 0.15) is 34.0 Å². The molecule has 0 spiro atoms. The van der Waals surface area contributed by atoms with Gasteiger partial charge in [0.15, 0.2) is 11.5 Å². The second kappa shape index (κ2) is 9.93. The normalized spacial score (nSPS) is 12.5. The Morgan fingerprint density at radius 2 is 1.69 bits per heavy atom. The highest BCUT2D eigenvalue weighted by atomic mass is 19.1. The lowest BCUT2D eigenvalue weighted by Gasteiger charge is -2.17. The summed E-state index contributed by atoms with van der Waals surface area (Å²) in [6, 6.07) is 12.1. The fourth-order valence-corrected chi connectivity index (χ4v) is 4.55. The summed E-state index contributed by atoms with van der Waals surface area (Å²) in [6.07, 6.45) is 0.0108. The number of imide groups is 1. The highest BCUT2D eigenvalue weighted by Crippen LogP contribution is 2.45. The van der Waals surface area contributed by atoms with Gasteiger partial charge in [0.25, 0.3) is 11.8 Å². The molecular weight excluding hydrogens is 511 g/mol. The first-order valence-electron chi connectivity index (χ1n) is 11.6. The number of nitrogens with zero attached hydrogens (tertiary/aromatic N) is 2. The van der Waals surface area contributed by atoms with Crippen LogP contribution in [0.15, 0.2) is 54.7 Å². The topological polar surface area (TPSA) is 135 Å². The molecule has 2 heterocycles. The number of ether oxygens (including phenoxy) is 3. The van der Waals surface area contributed by atoms with E-state index in [0.29, 0.717) is 29.0 Å². The molecule has 0 saturated carbocycles. The van der Waals surface area contributed by atoms with E-state index in [1.807, 2.05) is 0 Å². The zero-order chi connectivity index (χ0) is 27.8. The average molecular weight is 532 g/mol. The first-order chi connectivity index (χ1) is 18.7. The van der Waals surface area contributed by atoms with Crippen LogP contribution < -0.4 is 14.2 Å². The largest absolute Gasteiger partial charge is 0.511 e. The van der Waals surface area contributed by atoms with E-state index < -0.39 is 40.8 Å². The first kappa shape index (κ1) is 25.5. The molecule has 11 heteroatoms. The Labute approximate surface area is 220 Å². The molecule has 5 rings (SSSR count). The molecule has 0 aliphatic carbocycles. The number of halogens is 1. The molecule has 0 bridgehead atoms. The van der Waals surface area contributed by atoms with Crippen LogP contribution in [0.1, 0.15) is 37.4 Å². The van der Waals surface area contributed by atoms with E-state index in [2.05, 4.69) is 4.98 Å². The first-order valence-corrected chi connectivity index (χ1v) is 11.6. The molecule has 198 valence electrons. The van der Waals surface area contributed by atoms with Crippen LogP contribution in [0.25, 0.3) is 10.9 Å². The summed E-state index contributed by atoms with van der Waals surface area (Å²) in [5.74, 6) is -2.23. The van der Waals surface area contributed by atoms with Gasteiger partial charge in [-0.3, -0.25) is 19.5 Å². The van der Waals surface area contributed by atoms with Crippen LogP contribution >= 0.6 is 0 Å². The molecular formula is C28H21FN2O8. The number of carbonyl (C=O) groups excluding carboxylic acids is 2. The molecule has 4 aromatic rings. The third-order valence-corrected chi connectivity index (χ3v) is 6.38. The van der Waals surface area contributed by atoms with Crippen LogP contribution in [0.3, 0.4) is 0 Å². The molecule has 39 heavy (non-hydrogen) atoms. The number of aromatic hydroxyl groups is 1. The van der Waals surface area contributed by atoms with Gasteiger partial charge in [0, 0.05) is 23.2 Å². The Hall–Kier alpha value is -5.19. The number of rotatable bonds is 7. The van der Waals surface area contributed by atoms with E-state index in [9.17, 15) is 29.0 Å². The van der Waals surface area contributed by atoms with Crippen LogP contribution in [0, 0.1) is 5.82 Å². The van der Waals surface area contributed by atoms with Gasteiger partial charge >= 0.3 is 6.16 Å². The second-order valence-electron chi connectivity index (χ2n) is 8.71. The Balaban J connectivity index is 1.61. The minimum Gasteiger partial charge on any atom is -0.505 e. The fraction of sp³-hybridized carbons (Fsp3) is 0.143. The van der Waals surface area contributed by atoms with E-state index >= 15 is 0 Å². The van der Waals surface area contributed by atoms with Gasteiger partial charge in [-0.15, -0.1) is 0 Å². The molecule has 10 nitrogen and oxygen atoms in total. The quantitative estimate of drug-likeness (QED) is 0.200. The summed E-state index contributed by atoms with van der Waals surface area (Å²) in [7, 11) is 2.91. The van der Waals surface area contributed by atoms with Gasteiger partial charge in [-0.05, 0) is 47.9 Å². The van der Waals surface area contributed by atoms with E-state index in [1.165, 1.54) is 38.6 Å². The molecule has 0 fully saturated rings. The lowest BCUT2D eigenvalue weighted by Crippen LogP contribution is -2.29. The Morgan fingerprint density at radius 1 is 0.974 bits per heavy atom. The van der Waals surface area contributed by atoms with E-state index in [-0.39, 0.29) is 23.0 Å². The SMILES string of the molecule is COc1ccc(CN2C(=O)c3c(c(O)c4ncc(Cc5ccc(F)cc5)cc4c3OC(=O)O)C2=O)c(OC)c1. The van der Waals surface area contributed by atoms with Crippen LogP contribution in [-0.4, -0.2) is 52.3 Å². The van der Waals surface area contributed by atoms with Crippen molar-refractivity contribution in [2.45, 2.75) is 13.0 Å². The number of fused-ring (bicyclic) bond motifs is 2. The molecule has 1 aliphatic heterocycles. The van der Waals surface area contributed by atoms with E-state index in [4.69, 9.17) is 14.2 Å². The maximum atomic E-state index is 13.5. The van der Waals surface area contributed by atoms with E-state index in [0.717, 1.165) is 10.5 Å². The number of carboxylic acid groups (broad SMARTS) is 1. The number of carbonyl (C=O) groups is 3. The minimum atomic E-state index is -1.72. The van der Waals surface area contributed by atoms with Crippen LogP contribution in [0.2, 0.25) is 0 Å². The summed E-state index contributed by atoms with van der Waals surface area (Å²) in [5, 5.41) is 20.5. The smallest absolute Gasteiger partial charge is 0.505 e. The highest BCUT2D eigenvalue weighted by molar-refractivity contribution is 6.27. The number of methoxy groups -OCH3 is 2. The number of phenols is 1.